The smallest absolute Gasteiger partial charge is 0.115 e. The first-order valence-corrected chi connectivity index (χ1v) is 4.69. The lowest BCUT2D eigenvalue weighted by Gasteiger charge is -2.39. The summed E-state index contributed by atoms with van der Waals surface area (Å²) >= 11 is 5.83. The van der Waals surface area contributed by atoms with Gasteiger partial charge in [-0.2, -0.15) is 0 Å². The normalized spacial score (nSPS) is 19.6. The van der Waals surface area contributed by atoms with Crippen molar-refractivity contribution < 1.29 is 5.11 Å². The van der Waals surface area contributed by atoms with Gasteiger partial charge in [-0.25, -0.2) is 0 Å². The van der Waals surface area contributed by atoms with Crippen LogP contribution in [0.25, 0.3) is 0 Å². The van der Waals surface area contributed by atoms with E-state index in [2.05, 4.69) is 5.32 Å². The molecular formula is C10H12ClNO. The summed E-state index contributed by atoms with van der Waals surface area (Å²) in [4.78, 5) is 0. The van der Waals surface area contributed by atoms with E-state index in [1.807, 2.05) is 25.1 Å². The minimum atomic E-state index is -0.672. The van der Waals surface area contributed by atoms with E-state index >= 15 is 0 Å². The van der Waals surface area contributed by atoms with Gasteiger partial charge in [0.05, 0.1) is 0 Å². The summed E-state index contributed by atoms with van der Waals surface area (Å²) in [6.07, 6.45) is 0. The zero-order chi connectivity index (χ0) is 9.47. The highest BCUT2D eigenvalue weighted by Gasteiger charge is 2.37. The Kier molecular flexibility index (Phi) is 2.06. The molecule has 70 valence electrons. The zero-order valence-corrected chi connectivity index (χ0v) is 8.23. The molecule has 1 fully saturated rings. The van der Waals surface area contributed by atoms with Crippen LogP contribution in [0.2, 0.25) is 5.02 Å². The van der Waals surface area contributed by atoms with Crippen LogP contribution in [0.15, 0.2) is 18.2 Å². The molecule has 1 saturated heterocycles. The molecule has 0 saturated carbocycles. The number of β-amino-alcohol motifs (C(OH)–C–C–N with tert-alkyl or cyclic N) is 1. The average Bonchev–Trinajstić information content (AvgIpc) is 2.00. The van der Waals surface area contributed by atoms with E-state index in [4.69, 9.17) is 11.6 Å². The first-order valence-electron chi connectivity index (χ1n) is 4.31. The van der Waals surface area contributed by atoms with Gasteiger partial charge in [-0.05, 0) is 30.2 Å². The van der Waals surface area contributed by atoms with Gasteiger partial charge in [0.2, 0.25) is 0 Å². The van der Waals surface area contributed by atoms with Crippen molar-refractivity contribution in [1.82, 2.24) is 5.32 Å². The van der Waals surface area contributed by atoms with Crippen LogP contribution < -0.4 is 5.32 Å². The highest BCUT2D eigenvalue weighted by Crippen LogP contribution is 2.29. The molecule has 0 amide bonds. The number of aryl methyl sites for hydroxylation is 1. The van der Waals surface area contributed by atoms with Gasteiger partial charge >= 0.3 is 0 Å². The topological polar surface area (TPSA) is 32.3 Å². The lowest BCUT2D eigenvalue weighted by Crippen LogP contribution is -2.57. The minimum Gasteiger partial charge on any atom is -0.382 e. The molecule has 0 aliphatic carbocycles. The van der Waals surface area contributed by atoms with E-state index in [-0.39, 0.29) is 0 Å². The van der Waals surface area contributed by atoms with Gasteiger partial charge in [0, 0.05) is 18.1 Å². The standard InChI is InChI=1S/C10H12ClNO/c1-7-4-8(11)2-3-9(7)10(13)5-12-6-10/h2-4,12-13H,5-6H2,1H3. The molecule has 0 spiro atoms. The van der Waals surface area contributed by atoms with Crippen LogP contribution in [0.3, 0.4) is 0 Å². The number of nitrogens with one attached hydrogen (secondary N) is 1. The highest BCUT2D eigenvalue weighted by molar-refractivity contribution is 6.30. The lowest BCUT2D eigenvalue weighted by atomic mass is 9.85. The van der Waals surface area contributed by atoms with E-state index in [9.17, 15) is 5.11 Å². The highest BCUT2D eigenvalue weighted by atomic mass is 35.5. The second-order valence-corrected chi connectivity index (χ2v) is 4.03. The summed E-state index contributed by atoms with van der Waals surface area (Å²) in [6.45, 7) is 3.24. The van der Waals surface area contributed by atoms with E-state index in [0.717, 1.165) is 16.1 Å². The van der Waals surface area contributed by atoms with E-state index < -0.39 is 5.60 Å². The van der Waals surface area contributed by atoms with Gasteiger partial charge in [-0.15, -0.1) is 0 Å². The molecule has 2 rings (SSSR count). The van der Waals surface area contributed by atoms with Crippen molar-refractivity contribution in [2.75, 3.05) is 13.1 Å². The fourth-order valence-electron chi connectivity index (χ4n) is 1.70. The van der Waals surface area contributed by atoms with Crippen LogP contribution in [0, 0.1) is 6.92 Å². The fourth-order valence-corrected chi connectivity index (χ4v) is 1.93. The maximum absolute atomic E-state index is 10.0. The Morgan fingerprint density at radius 3 is 2.62 bits per heavy atom. The third-order valence-corrected chi connectivity index (χ3v) is 2.76. The van der Waals surface area contributed by atoms with E-state index in [1.54, 1.807) is 0 Å². The Hall–Kier alpha value is -0.570. The fraction of sp³-hybridized carbons (Fsp3) is 0.400. The van der Waals surface area contributed by atoms with Gasteiger partial charge in [0.25, 0.3) is 0 Å². The van der Waals surface area contributed by atoms with Crippen molar-refractivity contribution in [2.24, 2.45) is 0 Å². The Bertz CT molecular complexity index is 334. The van der Waals surface area contributed by atoms with E-state index in [0.29, 0.717) is 13.1 Å². The largest absolute Gasteiger partial charge is 0.382 e. The van der Waals surface area contributed by atoms with Crippen LogP contribution in [0.4, 0.5) is 0 Å². The molecule has 1 aromatic carbocycles. The van der Waals surface area contributed by atoms with Crippen LogP contribution >= 0.6 is 11.6 Å². The summed E-state index contributed by atoms with van der Waals surface area (Å²) in [5.41, 5.74) is 1.36. The van der Waals surface area contributed by atoms with Crippen LogP contribution in [0.5, 0.6) is 0 Å². The SMILES string of the molecule is Cc1cc(Cl)ccc1C1(O)CNC1. The predicted molar refractivity (Wildman–Crippen MR) is 53.0 cm³/mol. The summed E-state index contributed by atoms with van der Waals surface area (Å²) in [5.74, 6) is 0. The number of benzene rings is 1. The Morgan fingerprint density at radius 2 is 2.15 bits per heavy atom. The molecule has 2 N–H and O–H groups in total. The summed E-state index contributed by atoms with van der Waals surface area (Å²) < 4.78 is 0. The second-order valence-electron chi connectivity index (χ2n) is 3.59. The van der Waals surface area contributed by atoms with Crippen molar-refractivity contribution in [2.45, 2.75) is 12.5 Å². The van der Waals surface area contributed by atoms with Crippen LogP contribution in [-0.2, 0) is 5.60 Å². The minimum absolute atomic E-state index is 0.634. The molecule has 0 aromatic heterocycles. The quantitative estimate of drug-likeness (QED) is 0.714. The van der Waals surface area contributed by atoms with Crippen LogP contribution in [0.1, 0.15) is 11.1 Å². The van der Waals surface area contributed by atoms with Gasteiger partial charge in [0.15, 0.2) is 0 Å². The van der Waals surface area contributed by atoms with Gasteiger partial charge in [-0.1, -0.05) is 17.7 Å². The Morgan fingerprint density at radius 1 is 1.46 bits per heavy atom. The van der Waals surface area contributed by atoms with Crippen molar-refractivity contribution in [1.29, 1.82) is 0 Å². The molecular weight excluding hydrogens is 186 g/mol. The molecule has 0 radical (unpaired) electrons. The third kappa shape index (κ3) is 1.46. The molecule has 1 aliphatic heterocycles. The summed E-state index contributed by atoms with van der Waals surface area (Å²) in [6, 6.07) is 5.60. The molecule has 1 aromatic rings. The van der Waals surface area contributed by atoms with Crippen molar-refractivity contribution in [3.63, 3.8) is 0 Å². The first-order chi connectivity index (χ1) is 6.12. The Balaban J connectivity index is 2.40. The van der Waals surface area contributed by atoms with Gasteiger partial charge < -0.3 is 10.4 Å². The molecule has 3 heteroatoms. The molecule has 2 nitrogen and oxygen atoms in total. The molecule has 0 unspecified atom stereocenters. The zero-order valence-electron chi connectivity index (χ0n) is 7.47. The number of rotatable bonds is 1. The Labute approximate surface area is 82.5 Å². The van der Waals surface area contributed by atoms with Crippen LogP contribution in [-0.4, -0.2) is 18.2 Å². The monoisotopic (exact) mass is 197 g/mol. The summed E-state index contributed by atoms with van der Waals surface area (Å²) in [7, 11) is 0. The molecule has 1 heterocycles. The van der Waals surface area contributed by atoms with Crippen molar-refractivity contribution in [3.05, 3.63) is 34.3 Å². The van der Waals surface area contributed by atoms with Crippen molar-refractivity contribution in [3.8, 4) is 0 Å². The van der Waals surface area contributed by atoms with Gasteiger partial charge in [0.1, 0.15) is 5.60 Å². The maximum atomic E-state index is 10.0. The van der Waals surface area contributed by atoms with Crippen molar-refractivity contribution >= 4 is 11.6 Å². The first kappa shape index (κ1) is 9.00. The van der Waals surface area contributed by atoms with E-state index in [1.165, 1.54) is 0 Å². The third-order valence-electron chi connectivity index (χ3n) is 2.52. The van der Waals surface area contributed by atoms with Gasteiger partial charge in [-0.3, -0.25) is 0 Å². The second kappa shape index (κ2) is 2.98. The number of hydrogen-bond acceptors (Lipinski definition) is 2. The average molecular weight is 198 g/mol. The molecule has 0 bridgehead atoms. The molecule has 13 heavy (non-hydrogen) atoms. The number of halogens is 1. The summed E-state index contributed by atoms with van der Waals surface area (Å²) in [5, 5.41) is 13.8. The lowest BCUT2D eigenvalue weighted by molar-refractivity contribution is -0.0151. The predicted octanol–water partition coefficient (Wildman–Crippen LogP) is 1.44. The maximum Gasteiger partial charge on any atom is 0.115 e. The molecule has 0 atom stereocenters. The number of hydrogen-bond donors (Lipinski definition) is 2. The number of aliphatic hydroxyl groups is 1. The molecule has 1 aliphatic rings.